The Hall–Kier alpha value is -1.85. The fraction of sp³-hybridized carbons (Fsp3) is 0.143. The first-order chi connectivity index (χ1) is 6.25. The van der Waals surface area contributed by atoms with Crippen molar-refractivity contribution in [1.29, 1.82) is 0 Å². The van der Waals surface area contributed by atoms with Crippen LogP contribution in [0.3, 0.4) is 0 Å². The molecule has 13 heavy (non-hydrogen) atoms. The third-order valence-electron chi connectivity index (χ3n) is 1.42. The smallest absolute Gasteiger partial charge is 0.220 e. The highest BCUT2D eigenvalue weighted by Crippen LogP contribution is 1.98. The maximum Gasteiger partial charge on any atom is 0.252 e. The van der Waals surface area contributed by atoms with E-state index in [9.17, 15) is 4.39 Å². The van der Waals surface area contributed by atoms with Crippen LogP contribution in [0.1, 0.15) is 5.82 Å². The van der Waals surface area contributed by atoms with Gasteiger partial charge in [0.25, 0.3) is 5.95 Å². The largest absolute Gasteiger partial charge is 0.252 e. The van der Waals surface area contributed by atoms with Gasteiger partial charge in [-0.3, -0.25) is 0 Å². The number of rotatable bonds is 1. The van der Waals surface area contributed by atoms with Gasteiger partial charge in [-0.25, -0.2) is 19.3 Å². The molecule has 0 N–H and O–H groups in total. The molecule has 5 nitrogen and oxygen atoms in total. The SMILES string of the molecule is Cc1ncn(-c2ncc(F)cn2)n1. The number of aryl methyl sites for hydroxylation is 1. The van der Waals surface area contributed by atoms with Crippen LogP contribution < -0.4 is 0 Å². The summed E-state index contributed by atoms with van der Waals surface area (Å²) in [7, 11) is 0. The van der Waals surface area contributed by atoms with Crippen molar-refractivity contribution in [2.45, 2.75) is 6.92 Å². The Labute approximate surface area is 73.3 Å². The Morgan fingerprint density at radius 2 is 1.92 bits per heavy atom. The summed E-state index contributed by atoms with van der Waals surface area (Å²) in [5, 5.41) is 3.97. The van der Waals surface area contributed by atoms with Crippen molar-refractivity contribution in [2.24, 2.45) is 0 Å². The standard InChI is InChI=1S/C7H6FN5/c1-5-11-4-13(12-5)7-9-2-6(8)3-10-7/h2-4H,1H3. The highest BCUT2D eigenvalue weighted by atomic mass is 19.1. The van der Waals surface area contributed by atoms with Crippen molar-refractivity contribution >= 4 is 0 Å². The van der Waals surface area contributed by atoms with E-state index >= 15 is 0 Å². The molecule has 0 aliphatic heterocycles. The number of aromatic nitrogens is 5. The molecule has 0 saturated heterocycles. The highest BCUT2D eigenvalue weighted by molar-refractivity contribution is 5.06. The van der Waals surface area contributed by atoms with Gasteiger partial charge in [-0.05, 0) is 6.92 Å². The van der Waals surface area contributed by atoms with Crippen LogP contribution in [0.5, 0.6) is 0 Å². The molecule has 0 amide bonds. The fourth-order valence-electron chi connectivity index (χ4n) is 0.866. The van der Waals surface area contributed by atoms with E-state index < -0.39 is 5.82 Å². The number of hydrogen-bond donors (Lipinski definition) is 0. The van der Waals surface area contributed by atoms with E-state index in [0.717, 1.165) is 12.4 Å². The maximum atomic E-state index is 12.4. The van der Waals surface area contributed by atoms with Crippen LogP contribution >= 0.6 is 0 Å². The lowest BCUT2D eigenvalue weighted by Gasteiger charge is -1.95. The zero-order valence-corrected chi connectivity index (χ0v) is 6.85. The minimum atomic E-state index is -0.472. The Bertz CT molecular complexity index is 407. The molecular formula is C7H6FN5. The third-order valence-corrected chi connectivity index (χ3v) is 1.42. The quantitative estimate of drug-likeness (QED) is 0.639. The van der Waals surface area contributed by atoms with Gasteiger partial charge in [0.1, 0.15) is 12.2 Å². The van der Waals surface area contributed by atoms with E-state index in [-0.39, 0.29) is 0 Å². The van der Waals surface area contributed by atoms with Crippen molar-refractivity contribution in [3.05, 3.63) is 30.4 Å². The molecule has 0 radical (unpaired) electrons. The fourth-order valence-corrected chi connectivity index (χ4v) is 0.866. The van der Waals surface area contributed by atoms with Gasteiger partial charge in [0.15, 0.2) is 5.82 Å². The van der Waals surface area contributed by atoms with Crippen LogP contribution in [0, 0.1) is 12.7 Å². The topological polar surface area (TPSA) is 56.5 Å². The molecule has 0 atom stereocenters. The zero-order chi connectivity index (χ0) is 9.26. The number of nitrogens with zero attached hydrogens (tertiary/aromatic N) is 5. The molecule has 0 saturated carbocycles. The average Bonchev–Trinajstić information content (AvgIpc) is 2.53. The zero-order valence-electron chi connectivity index (χ0n) is 6.85. The van der Waals surface area contributed by atoms with Gasteiger partial charge in [-0.15, -0.1) is 5.10 Å². The lowest BCUT2D eigenvalue weighted by molar-refractivity contribution is 0.608. The van der Waals surface area contributed by atoms with E-state index in [1.807, 2.05) is 0 Å². The highest BCUT2D eigenvalue weighted by Gasteiger charge is 2.01. The molecule has 66 valence electrons. The predicted octanol–water partition coefficient (Wildman–Crippen LogP) is 0.505. The van der Waals surface area contributed by atoms with E-state index in [1.165, 1.54) is 11.0 Å². The summed E-state index contributed by atoms with van der Waals surface area (Å²) in [6.45, 7) is 1.75. The van der Waals surface area contributed by atoms with Crippen LogP contribution in [0.25, 0.3) is 5.95 Å². The van der Waals surface area contributed by atoms with Gasteiger partial charge in [-0.2, -0.15) is 4.68 Å². The lowest BCUT2D eigenvalue weighted by Crippen LogP contribution is -2.01. The Morgan fingerprint density at radius 3 is 2.46 bits per heavy atom. The Morgan fingerprint density at radius 1 is 1.23 bits per heavy atom. The first-order valence-corrected chi connectivity index (χ1v) is 3.62. The summed E-state index contributed by atoms with van der Waals surface area (Å²) in [5.41, 5.74) is 0. The van der Waals surface area contributed by atoms with Crippen molar-refractivity contribution in [3.8, 4) is 5.95 Å². The van der Waals surface area contributed by atoms with Crippen LogP contribution in [0.2, 0.25) is 0 Å². The second-order valence-electron chi connectivity index (χ2n) is 2.44. The molecule has 2 rings (SSSR count). The lowest BCUT2D eigenvalue weighted by atomic mass is 10.6. The van der Waals surface area contributed by atoms with Gasteiger partial charge < -0.3 is 0 Å². The molecule has 0 aliphatic carbocycles. The average molecular weight is 179 g/mol. The molecule has 0 unspecified atom stereocenters. The summed E-state index contributed by atoms with van der Waals surface area (Å²) in [6, 6.07) is 0. The summed E-state index contributed by atoms with van der Waals surface area (Å²) in [5.74, 6) is 0.454. The van der Waals surface area contributed by atoms with Gasteiger partial charge in [0.05, 0.1) is 12.4 Å². The molecule has 2 aromatic heterocycles. The summed E-state index contributed by atoms with van der Waals surface area (Å²) in [6.07, 6.45) is 3.64. The Kier molecular flexibility index (Phi) is 1.73. The van der Waals surface area contributed by atoms with Gasteiger partial charge in [-0.1, -0.05) is 0 Å². The molecule has 6 heteroatoms. The number of halogens is 1. The first kappa shape index (κ1) is 7.78. The summed E-state index contributed by atoms with van der Waals surface area (Å²) in [4.78, 5) is 11.4. The molecular weight excluding hydrogens is 173 g/mol. The minimum absolute atomic E-state index is 0.307. The van der Waals surface area contributed by atoms with Crippen molar-refractivity contribution in [2.75, 3.05) is 0 Å². The first-order valence-electron chi connectivity index (χ1n) is 3.62. The van der Waals surface area contributed by atoms with E-state index in [1.54, 1.807) is 6.92 Å². The van der Waals surface area contributed by atoms with Crippen LogP contribution in [0.4, 0.5) is 4.39 Å². The molecule has 2 heterocycles. The normalized spacial score (nSPS) is 10.3. The van der Waals surface area contributed by atoms with Crippen LogP contribution in [0.15, 0.2) is 18.7 Å². The van der Waals surface area contributed by atoms with Crippen molar-refractivity contribution in [3.63, 3.8) is 0 Å². The summed E-state index contributed by atoms with van der Waals surface area (Å²) < 4.78 is 13.8. The van der Waals surface area contributed by atoms with Gasteiger partial charge >= 0.3 is 0 Å². The van der Waals surface area contributed by atoms with Crippen molar-refractivity contribution < 1.29 is 4.39 Å². The Balaban J connectivity index is 2.41. The second kappa shape index (κ2) is 2.89. The number of hydrogen-bond acceptors (Lipinski definition) is 4. The molecule has 0 bridgehead atoms. The van der Waals surface area contributed by atoms with Gasteiger partial charge in [0, 0.05) is 0 Å². The van der Waals surface area contributed by atoms with Crippen LogP contribution in [-0.2, 0) is 0 Å². The molecule has 0 aliphatic rings. The predicted molar refractivity (Wildman–Crippen MR) is 41.6 cm³/mol. The molecule has 0 fully saturated rings. The third kappa shape index (κ3) is 1.51. The molecule has 0 aromatic carbocycles. The maximum absolute atomic E-state index is 12.4. The molecule has 0 spiro atoms. The van der Waals surface area contributed by atoms with E-state index in [4.69, 9.17) is 0 Å². The van der Waals surface area contributed by atoms with E-state index in [0.29, 0.717) is 11.8 Å². The van der Waals surface area contributed by atoms with Crippen LogP contribution in [-0.4, -0.2) is 24.7 Å². The minimum Gasteiger partial charge on any atom is -0.220 e. The monoisotopic (exact) mass is 179 g/mol. The van der Waals surface area contributed by atoms with Crippen molar-refractivity contribution in [1.82, 2.24) is 24.7 Å². The molecule has 2 aromatic rings. The van der Waals surface area contributed by atoms with Gasteiger partial charge in [0.2, 0.25) is 0 Å². The second-order valence-corrected chi connectivity index (χ2v) is 2.44. The van der Waals surface area contributed by atoms with E-state index in [2.05, 4.69) is 20.1 Å². The summed E-state index contributed by atoms with van der Waals surface area (Å²) >= 11 is 0.